The van der Waals surface area contributed by atoms with Crippen molar-refractivity contribution in [3.8, 4) is 22.8 Å². The van der Waals surface area contributed by atoms with Crippen LogP contribution < -0.4 is 14.8 Å². The molecule has 0 unspecified atom stereocenters. The zero-order valence-electron chi connectivity index (χ0n) is 21.9. The minimum absolute atomic E-state index is 0.0928. The van der Waals surface area contributed by atoms with Crippen LogP contribution in [0.4, 0.5) is 5.13 Å². The van der Waals surface area contributed by atoms with Gasteiger partial charge in [-0.15, -0.1) is 11.3 Å². The second-order valence-electron chi connectivity index (χ2n) is 8.46. The third-order valence-electron chi connectivity index (χ3n) is 5.74. The smallest absolute Gasteiger partial charge is 0.371 e. The lowest BCUT2D eigenvalue weighted by Crippen LogP contribution is -2.12. The summed E-state index contributed by atoms with van der Waals surface area (Å²) in [6.07, 6.45) is 6.91. The third-order valence-corrected chi connectivity index (χ3v) is 7.12. The number of aliphatic carboxylic acids is 1. The number of aromatic nitrogens is 1. The van der Waals surface area contributed by atoms with Crippen molar-refractivity contribution in [3.05, 3.63) is 62.6 Å². The van der Waals surface area contributed by atoms with Gasteiger partial charge in [-0.3, -0.25) is 10.1 Å². The van der Waals surface area contributed by atoms with E-state index >= 15 is 0 Å². The molecule has 1 amide bonds. The molecule has 0 spiro atoms. The van der Waals surface area contributed by atoms with Crippen LogP contribution >= 0.6 is 34.5 Å². The second kappa shape index (κ2) is 14.8. The summed E-state index contributed by atoms with van der Waals surface area (Å²) in [5.41, 5.74) is 1.77. The number of carbonyl (C=O) groups excluding carboxylic acids is 1. The molecule has 39 heavy (non-hydrogen) atoms. The summed E-state index contributed by atoms with van der Waals surface area (Å²) in [5.74, 6) is -0.881. The monoisotopic (exact) mass is 592 g/mol. The first kappa shape index (κ1) is 30.3. The van der Waals surface area contributed by atoms with E-state index < -0.39 is 11.9 Å². The first-order valence-electron chi connectivity index (χ1n) is 12.3. The number of carboxylic acid groups (broad SMARTS) is 1. The van der Waals surface area contributed by atoms with Gasteiger partial charge >= 0.3 is 5.97 Å². The highest BCUT2D eigenvalue weighted by Gasteiger charge is 2.18. The quantitative estimate of drug-likeness (QED) is 0.112. The van der Waals surface area contributed by atoms with E-state index in [-0.39, 0.29) is 26.9 Å². The molecule has 0 saturated heterocycles. The highest BCUT2D eigenvalue weighted by Crippen LogP contribution is 2.39. The van der Waals surface area contributed by atoms with E-state index in [4.69, 9.17) is 42.5 Å². The summed E-state index contributed by atoms with van der Waals surface area (Å²) in [7, 11) is 2.81. The minimum atomic E-state index is -1.28. The first-order chi connectivity index (χ1) is 18.8. The number of rotatable bonds is 14. The standard InChI is InChI=1S/C28H30Cl2N2O6S/c1-4-5-6-7-8-12-38-23-11-9-10-18(25(23)37-3)22-16-39-28(31-22)32-26(33)17-13-20(29)19(21(30)14-17)15-24(36-2)27(34)35/h9-11,13-16H,4-8,12H2,1-3H3,(H,34,35)(H,31,32,33)/b24-15-. The Labute approximate surface area is 241 Å². The van der Waals surface area contributed by atoms with Crippen molar-refractivity contribution in [1.29, 1.82) is 0 Å². The summed E-state index contributed by atoms with van der Waals surface area (Å²) in [6.45, 7) is 2.79. The van der Waals surface area contributed by atoms with Crippen molar-refractivity contribution in [2.45, 2.75) is 39.0 Å². The average Bonchev–Trinajstić information content (AvgIpc) is 3.38. The molecule has 11 heteroatoms. The van der Waals surface area contributed by atoms with Gasteiger partial charge in [-0.2, -0.15) is 0 Å². The van der Waals surface area contributed by atoms with Crippen LogP contribution in [-0.4, -0.2) is 42.8 Å². The maximum absolute atomic E-state index is 12.9. The van der Waals surface area contributed by atoms with E-state index in [9.17, 15) is 9.59 Å². The molecule has 0 saturated carbocycles. The number of nitrogens with zero attached hydrogens (tertiary/aromatic N) is 1. The van der Waals surface area contributed by atoms with Crippen LogP contribution in [0.3, 0.4) is 0 Å². The Kier molecular flexibility index (Phi) is 11.5. The lowest BCUT2D eigenvalue weighted by atomic mass is 10.1. The van der Waals surface area contributed by atoms with Crippen LogP contribution in [0, 0.1) is 0 Å². The van der Waals surface area contributed by atoms with Crippen molar-refractivity contribution in [1.82, 2.24) is 4.98 Å². The molecule has 0 aliphatic rings. The first-order valence-corrected chi connectivity index (χ1v) is 14.0. The van der Waals surface area contributed by atoms with Gasteiger partial charge in [-0.05, 0) is 36.8 Å². The molecule has 2 N–H and O–H groups in total. The molecular formula is C28H30Cl2N2O6S. The van der Waals surface area contributed by atoms with Gasteiger partial charge in [-0.1, -0.05) is 61.9 Å². The van der Waals surface area contributed by atoms with E-state index in [1.54, 1.807) is 7.11 Å². The van der Waals surface area contributed by atoms with Gasteiger partial charge in [0.1, 0.15) is 0 Å². The molecule has 3 rings (SSSR count). The molecule has 0 radical (unpaired) electrons. The zero-order valence-corrected chi connectivity index (χ0v) is 24.2. The van der Waals surface area contributed by atoms with Crippen molar-refractivity contribution in [2.75, 3.05) is 26.1 Å². The zero-order chi connectivity index (χ0) is 28.4. The van der Waals surface area contributed by atoms with Crippen LogP contribution in [0.25, 0.3) is 17.3 Å². The number of carboxylic acids is 1. The fourth-order valence-electron chi connectivity index (χ4n) is 3.75. The van der Waals surface area contributed by atoms with Gasteiger partial charge in [0.2, 0.25) is 5.76 Å². The number of anilines is 1. The molecule has 2 aromatic carbocycles. The summed E-state index contributed by atoms with van der Waals surface area (Å²) in [4.78, 5) is 28.7. The topological polar surface area (TPSA) is 107 Å². The summed E-state index contributed by atoms with van der Waals surface area (Å²) >= 11 is 13.8. The molecule has 0 bridgehead atoms. The molecule has 1 aromatic heterocycles. The SMILES string of the molecule is CCCCCCCOc1cccc(-c2csc(NC(=O)c3cc(Cl)c(/C=C(\OC)C(=O)O)c(Cl)c3)n2)c1OC. The van der Waals surface area contributed by atoms with Crippen LogP contribution in [0.15, 0.2) is 41.5 Å². The Hall–Kier alpha value is -3.27. The molecule has 0 aliphatic heterocycles. The van der Waals surface area contributed by atoms with Gasteiger partial charge in [0.15, 0.2) is 16.6 Å². The fraction of sp³-hybridized carbons (Fsp3) is 0.321. The highest BCUT2D eigenvalue weighted by molar-refractivity contribution is 7.14. The van der Waals surface area contributed by atoms with Gasteiger partial charge < -0.3 is 19.3 Å². The van der Waals surface area contributed by atoms with Gasteiger partial charge in [0.05, 0.1) is 36.6 Å². The molecule has 1 heterocycles. The Morgan fingerprint density at radius 2 is 1.82 bits per heavy atom. The number of nitrogens with one attached hydrogen (secondary N) is 1. The van der Waals surface area contributed by atoms with Gasteiger partial charge in [0, 0.05) is 22.1 Å². The number of unbranched alkanes of at least 4 members (excludes halogenated alkanes) is 4. The van der Waals surface area contributed by atoms with E-state index in [0.717, 1.165) is 18.4 Å². The molecule has 208 valence electrons. The Balaban J connectivity index is 1.74. The number of carbonyl (C=O) groups is 2. The number of thiazole rings is 1. The fourth-order valence-corrected chi connectivity index (χ4v) is 5.05. The van der Waals surface area contributed by atoms with E-state index in [0.29, 0.717) is 28.9 Å². The maximum atomic E-state index is 12.9. The summed E-state index contributed by atoms with van der Waals surface area (Å²) in [6, 6.07) is 8.41. The average molecular weight is 594 g/mol. The summed E-state index contributed by atoms with van der Waals surface area (Å²) < 4.78 is 16.5. The number of ether oxygens (including phenoxy) is 3. The Morgan fingerprint density at radius 3 is 2.46 bits per heavy atom. The maximum Gasteiger partial charge on any atom is 0.371 e. The van der Waals surface area contributed by atoms with Gasteiger partial charge in [-0.25, -0.2) is 9.78 Å². The number of hydrogen-bond donors (Lipinski definition) is 2. The lowest BCUT2D eigenvalue weighted by Gasteiger charge is -2.13. The molecule has 0 aliphatic carbocycles. The van der Waals surface area contributed by atoms with E-state index in [2.05, 4.69) is 17.2 Å². The number of amides is 1. The number of methoxy groups -OCH3 is 2. The highest BCUT2D eigenvalue weighted by atomic mass is 35.5. The van der Waals surface area contributed by atoms with Gasteiger partial charge in [0.25, 0.3) is 5.91 Å². The lowest BCUT2D eigenvalue weighted by molar-refractivity contribution is -0.135. The number of para-hydroxylation sites is 1. The number of benzene rings is 2. The second-order valence-corrected chi connectivity index (χ2v) is 10.1. The molecule has 0 fully saturated rings. The third kappa shape index (κ3) is 8.11. The largest absolute Gasteiger partial charge is 0.492 e. The summed E-state index contributed by atoms with van der Waals surface area (Å²) in [5, 5.41) is 14.3. The molecule has 8 nitrogen and oxygen atoms in total. The Bertz CT molecular complexity index is 1320. The van der Waals surface area contributed by atoms with Crippen LogP contribution in [0.5, 0.6) is 11.5 Å². The van der Waals surface area contributed by atoms with Crippen molar-refractivity contribution < 1.29 is 28.9 Å². The predicted octanol–water partition coefficient (Wildman–Crippen LogP) is 7.80. The molecule has 0 atom stereocenters. The molecule has 3 aromatic rings. The van der Waals surface area contributed by atoms with Crippen molar-refractivity contribution in [2.24, 2.45) is 0 Å². The molecular weight excluding hydrogens is 563 g/mol. The van der Waals surface area contributed by atoms with E-state index in [1.807, 2.05) is 23.6 Å². The van der Waals surface area contributed by atoms with E-state index in [1.165, 1.54) is 55.9 Å². The Morgan fingerprint density at radius 1 is 1.10 bits per heavy atom. The minimum Gasteiger partial charge on any atom is -0.492 e. The van der Waals surface area contributed by atoms with Crippen LogP contribution in [-0.2, 0) is 9.53 Å². The van der Waals surface area contributed by atoms with Crippen molar-refractivity contribution in [3.63, 3.8) is 0 Å². The van der Waals surface area contributed by atoms with Crippen LogP contribution in [0.2, 0.25) is 10.0 Å². The van der Waals surface area contributed by atoms with Crippen molar-refractivity contribution >= 4 is 57.6 Å². The van der Waals surface area contributed by atoms with Crippen LogP contribution in [0.1, 0.15) is 54.9 Å². The number of hydrogen-bond acceptors (Lipinski definition) is 7. The predicted molar refractivity (Wildman–Crippen MR) is 155 cm³/mol. The number of halogens is 2. The normalized spacial score (nSPS) is 11.3.